The molecule has 1 heterocycles. The molecule has 0 saturated carbocycles. The summed E-state index contributed by atoms with van der Waals surface area (Å²) in [7, 11) is 0. The molecule has 0 N–H and O–H groups in total. The third-order valence-electron chi connectivity index (χ3n) is 2.70. The van der Waals surface area contributed by atoms with Crippen molar-refractivity contribution >= 4 is 11.8 Å². The molecule has 1 aliphatic rings. The van der Waals surface area contributed by atoms with Gasteiger partial charge in [0.25, 0.3) is 0 Å². The second kappa shape index (κ2) is 4.71. The molecule has 0 aromatic heterocycles. The maximum absolute atomic E-state index is 5.58. The lowest BCUT2D eigenvalue weighted by molar-refractivity contribution is 0.195. The summed E-state index contributed by atoms with van der Waals surface area (Å²) in [5.41, 5.74) is 3.32. The van der Waals surface area contributed by atoms with E-state index in [9.17, 15) is 0 Å². The van der Waals surface area contributed by atoms with Crippen molar-refractivity contribution in [3.05, 3.63) is 11.1 Å². The number of thioether (sulfide) groups is 1. The maximum atomic E-state index is 5.58. The SMILES string of the molecule is CCSC(C)C1=C(C(C)(C)C)COC1. The number of rotatable bonds is 3. The van der Waals surface area contributed by atoms with E-state index in [1.807, 2.05) is 11.8 Å². The fraction of sp³-hybridized carbons (Fsp3) is 0.833. The Bertz CT molecular complexity index is 225. The Hall–Kier alpha value is 0.0500. The van der Waals surface area contributed by atoms with Crippen LogP contribution in [0.5, 0.6) is 0 Å². The Balaban J connectivity index is 2.82. The summed E-state index contributed by atoms with van der Waals surface area (Å²) in [6.07, 6.45) is 0. The number of hydrogen-bond acceptors (Lipinski definition) is 2. The predicted octanol–water partition coefficient (Wildman–Crippen LogP) is 3.50. The molecule has 1 rings (SSSR count). The molecular formula is C12H22OS. The van der Waals surface area contributed by atoms with Crippen LogP contribution < -0.4 is 0 Å². The molecule has 0 saturated heterocycles. The summed E-state index contributed by atoms with van der Waals surface area (Å²) in [4.78, 5) is 0. The van der Waals surface area contributed by atoms with E-state index >= 15 is 0 Å². The van der Waals surface area contributed by atoms with Crippen molar-refractivity contribution in [1.82, 2.24) is 0 Å². The van der Waals surface area contributed by atoms with Crippen molar-refractivity contribution in [2.75, 3.05) is 19.0 Å². The lowest BCUT2D eigenvalue weighted by Crippen LogP contribution is -2.15. The van der Waals surface area contributed by atoms with Crippen LogP contribution in [0.25, 0.3) is 0 Å². The molecule has 1 unspecified atom stereocenters. The molecule has 0 fully saturated rings. The molecule has 0 bridgehead atoms. The van der Waals surface area contributed by atoms with Gasteiger partial charge in [-0.3, -0.25) is 0 Å². The van der Waals surface area contributed by atoms with Crippen molar-refractivity contribution in [1.29, 1.82) is 0 Å². The zero-order valence-electron chi connectivity index (χ0n) is 10.0. The summed E-state index contributed by atoms with van der Waals surface area (Å²) in [6, 6.07) is 0. The van der Waals surface area contributed by atoms with Gasteiger partial charge in [-0.25, -0.2) is 0 Å². The van der Waals surface area contributed by atoms with E-state index in [4.69, 9.17) is 4.74 Å². The second-order valence-electron chi connectivity index (χ2n) is 4.84. The van der Waals surface area contributed by atoms with Crippen molar-refractivity contribution in [3.63, 3.8) is 0 Å². The Morgan fingerprint density at radius 3 is 2.50 bits per heavy atom. The molecule has 1 aliphatic heterocycles. The van der Waals surface area contributed by atoms with E-state index in [1.165, 1.54) is 16.9 Å². The van der Waals surface area contributed by atoms with Crippen molar-refractivity contribution in [2.45, 2.75) is 39.9 Å². The summed E-state index contributed by atoms with van der Waals surface area (Å²) in [5.74, 6) is 1.18. The average molecular weight is 214 g/mol. The first-order valence-corrected chi connectivity index (χ1v) is 6.43. The van der Waals surface area contributed by atoms with Gasteiger partial charge in [0, 0.05) is 5.25 Å². The van der Waals surface area contributed by atoms with E-state index in [0.29, 0.717) is 5.25 Å². The van der Waals surface area contributed by atoms with Crippen LogP contribution in [0, 0.1) is 5.41 Å². The lowest BCUT2D eigenvalue weighted by atomic mass is 9.84. The molecule has 14 heavy (non-hydrogen) atoms. The van der Waals surface area contributed by atoms with Gasteiger partial charge in [0.1, 0.15) is 0 Å². The van der Waals surface area contributed by atoms with Crippen LogP contribution in [-0.2, 0) is 4.74 Å². The third kappa shape index (κ3) is 2.77. The smallest absolute Gasteiger partial charge is 0.0695 e. The Morgan fingerprint density at radius 1 is 1.36 bits per heavy atom. The molecule has 1 nitrogen and oxygen atoms in total. The van der Waals surface area contributed by atoms with Crippen LogP contribution >= 0.6 is 11.8 Å². The van der Waals surface area contributed by atoms with Crippen LogP contribution in [0.1, 0.15) is 34.6 Å². The highest BCUT2D eigenvalue weighted by atomic mass is 32.2. The quantitative estimate of drug-likeness (QED) is 0.665. The zero-order valence-corrected chi connectivity index (χ0v) is 10.8. The summed E-state index contributed by atoms with van der Waals surface area (Å²) in [6.45, 7) is 13.0. The largest absolute Gasteiger partial charge is 0.373 e. The molecule has 82 valence electrons. The van der Waals surface area contributed by atoms with E-state index in [2.05, 4.69) is 34.6 Å². The van der Waals surface area contributed by atoms with Crippen LogP contribution in [0.3, 0.4) is 0 Å². The van der Waals surface area contributed by atoms with Crippen LogP contribution in [0.15, 0.2) is 11.1 Å². The molecule has 0 aliphatic carbocycles. The molecule has 0 spiro atoms. The molecule has 2 heteroatoms. The highest BCUT2D eigenvalue weighted by molar-refractivity contribution is 8.00. The van der Waals surface area contributed by atoms with Crippen molar-refractivity contribution in [2.24, 2.45) is 5.41 Å². The van der Waals surface area contributed by atoms with Gasteiger partial charge < -0.3 is 4.74 Å². The fourth-order valence-corrected chi connectivity index (χ4v) is 2.77. The Labute approximate surface area is 92.3 Å². The van der Waals surface area contributed by atoms with Gasteiger partial charge in [-0.2, -0.15) is 11.8 Å². The van der Waals surface area contributed by atoms with Gasteiger partial charge in [0.05, 0.1) is 13.2 Å². The summed E-state index contributed by atoms with van der Waals surface area (Å²) in [5, 5.41) is 0.622. The van der Waals surface area contributed by atoms with Gasteiger partial charge in [0.15, 0.2) is 0 Å². The molecule has 0 radical (unpaired) electrons. The minimum absolute atomic E-state index is 0.272. The van der Waals surface area contributed by atoms with E-state index < -0.39 is 0 Å². The third-order valence-corrected chi connectivity index (χ3v) is 3.82. The lowest BCUT2D eigenvalue weighted by Gasteiger charge is -2.23. The molecule has 0 aromatic carbocycles. The fourth-order valence-electron chi connectivity index (χ4n) is 1.85. The van der Waals surface area contributed by atoms with Gasteiger partial charge in [-0.1, -0.05) is 27.7 Å². The van der Waals surface area contributed by atoms with Crippen molar-refractivity contribution in [3.8, 4) is 0 Å². The zero-order chi connectivity index (χ0) is 10.8. The summed E-state index contributed by atoms with van der Waals surface area (Å²) >= 11 is 2.01. The first kappa shape index (κ1) is 12.1. The highest BCUT2D eigenvalue weighted by Gasteiger charge is 2.28. The van der Waals surface area contributed by atoms with Crippen LogP contribution in [-0.4, -0.2) is 24.2 Å². The van der Waals surface area contributed by atoms with Crippen LogP contribution in [0.2, 0.25) is 0 Å². The van der Waals surface area contributed by atoms with Gasteiger partial charge in [-0.15, -0.1) is 0 Å². The topological polar surface area (TPSA) is 9.23 Å². The van der Waals surface area contributed by atoms with E-state index in [0.717, 1.165) is 13.2 Å². The van der Waals surface area contributed by atoms with Gasteiger partial charge >= 0.3 is 0 Å². The highest BCUT2D eigenvalue weighted by Crippen LogP contribution is 2.36. The summed E-state index contributed by atoms with van der Waals surface area (Å²) < 4.78 is 5.58. The second-order valence-corrected chi connectivity index (χ2v) is 6.46. The average Bonchev–Trinajstić information content (AvgIpc) is 2.50. The Kier molecular flexibility index (Phi) is 4.08. The maximum Gasteiger partial charge on any atom is 0.0695 e. The van der Waals surface area contributed by atoms with E-state index in [1.54, 1.807) is 0 Å². The van der Waals surface area contributed by atoms with Gasteiger partial charge in [0.2, 0.25) is 0 Å². The first-order valence-electron chi connectivity index (χ1n) is 5.38. The first-order chi connectivity index (χ1) is 6.46. The Morgan fingerprint density at radius 2 is 2.00 bits per heavy atom. The van der Waals surface area contributed by atoms with Crippen molar-refractivity contribution < 1.29 is 4.74 Å². The number of hydrogen-bond donors (Lipinski definition) is 0. The van der Waals surface area contributed by atoms with Crippen LogP contribution in [0.4, 0.5) is 0 Å². The molecule has 1 atom stereocenters. The molecular weight excluding hydrogens is 192 g/mol. The predicted molar refractivity (Wildman–Crippen MR) is 64.9 cm³/mol. The molecule has 0 aromatic rings. The minimum atomic E-state index is 0.272. The number of ether oxygens (including phenoxy) is 1. The van der Waals surface area contributed by atoms with E-state index in [-0.39, 0.29) is 5.41 Å². The minimum Gasteiger partial charge on any atom is -0.373 e. The normalized spacial score (nSPS) is 20.4. The van der Waals surface area contributed by atoms with Gasteiger partial charge in [-0.05, 0) is 29.2 Å². The standard InChI is InChI=1S/C12H22OS/c1-6-14-9(2)10-7-13-8-11(10)12(3,4)5/h9H,6-8H2,1-5H3. The molecule has 0 amide bonds. The monoisotopic (exact) mass is 214 g/mol.